The third-order valence-electron chi connectivity index (χ3n) is 6.38. The second kappa shape index (κ2) is 12.1. The number of carbonyl (C=O) groups is 1. The predicted molar refractivity (Wildman–Crippen MR) is 138 cm³/mol. The summed E-state index contributed by atoms with van der Waals surface area (Å²) in [6.45, 7) is 9.76. The van der Waals surface area contributed by atoms with E-state index in [-0.39, 0.29) is 6.04 Å². The fraction of sp³-hybridized carbons (Fsp3) is 0.556. The number of aromatic nitrogens is 4. The number of ketones is 1. The van der Waals surface area contributed by atoms with Gasteiger partial charge in [-0.25, -0.2) is 9.97 Å². The van der Waals surface area contributed by atoms with Crippen molar-refractivity contribution in [2.75, 3.05) is 37.8 Å². The van der Waals surface area contributed by atoms with Gasteiger partial charge >= 0.3 is 0 Å². The van der Waals surface area contributed by atoms with Gasteiger partial charge in [0.05, 0.1) is 26.1 Å². The van der Waals surface area contributed by atoms with E-state index in [1.54, 1.807) is 0 Å². The number of hydrogen-bond donors (Lipinski definition) is 0. The minimum Gasteiger partial charge on any atom is -0.494 e. The molecule has 1 fully saturated rings. The monoisotopic (exact) mass is 479 g/mol. The van der Waals surface area contributed by atoms with Crippen LogP contribution in [0.3, 0.4) is 0 Å². The maximum Gasteiger partial charge on any atom is 0.228 e. The van der Waals surface area contributed by atoms with E-state index in [1.165, 1.54) is 0 Å². The molecule has 0 aliphatic carbocycles. The first-order valence-corrected chi connectivity index (χ1v) is 12.9. The molecule has 1 aliphatic heterocycles. The molecule has 2 aromatic heterocycles. The van der Waals surface area contributed by atoms with Gasteiger partial charge in [-0.1, -0.05) is 31.9 Å². The molecule has 3 aromatic rings. The molecular formula is C27H37N5O3. The van der Waals surface area contributed by atoms with Crippen LogP contribution in [0.1, 0.15) is 65.3 Å². The summed E-state index contributed by atoms with van der Waals surface area (Å²) in [6, 6.07) is 8.33. The summed E-state index contributed by atoms with van der Waals surface area (Å²) >= 11 is 0. The molecule has 1 saturated heterocycles. The van der Waals surface area contributed by atoms with Gasteiger partial charge in [-0.15, -0.1) is 0 Å². The van der Waals surface area contributed by atoms with Crippen molar-refractivity contribution in [1.29, 1.82) is 0 Å². The zero-order valence-corrected chi connectivity index (χ0v) is 21.2. The number of Topliss-reactive ketones (excluding diaryl/α,β-unsaturated/α-hetero) is 1. The number of unbranched alkanes of at least 4 members (excludes halogenated alkanes) is 3. The van der Waals surface area contributed by atoms with E-state index < -0.39 is 0 Å². The minimum absolute atomic E-state index is 0.245. The van der Waals surface area contributed by atoms with Gasteiger partial charge in [0.1, 0.15) is 22.7 Å². The molecule has 0 amide bonds. The first-order valence-electron chi connectivity index (χ1n) is 12.9. The van der Waals surface area contributed by atoms with E-state index >= 15 is 0 Å². The molecule has 188 valence electrons. The number of nitrogens with zero attached hydrogens (tertiary/aromatic N) is 5. The van der Waals surface area contributed by atoms with Crippen molar-refractivity contribution in [1.82, 2.24) is 19.5 Å². The Hall–Kier alpha value is -3.00. The van der Waals surface area contributed by atoms with Crippen molar-refractivity contribution in [2.24, 2.45) is 0 Å². The average Bonchev–Trinajstić information content (AvgIpc) is 3.32. The van der Waals surface area contributed by atoms with E-state index in [9.17, 15) is 4.79 Å². The largest absolute Gasteiger partial charge is 0.494 e. The van der Waals surface area contributed by atoms with E-state index in [2.05, 4.69) is 34.4 Å². The number of anilines is 1. The van der Waals surface area contributed by atoms with Gasteiger partial charge in [0.2, 0.25) is 5.95 Å². The van der Waals surface area contributed by atoms with E-state index in [0.29, 0.717) is 44.4 Å². The lowest BCUT2D eigenvalue weighted by Gasteiger charge is -2.27. The molecule has 35 heavy (non-hydrogen) atoms. The van der Waals surface area contributed by atoms with Crippen molar-refractivity contribution in [3.05, 3.63) is 30.6 Å². The number of carbonyl (C=O) groups excluding carboxylic acids is 1. The molecule has 8 nitrogen and oxygen atoms in total. The lowest BCUT2D eigenvalue weighted by atomic mass is 10.1. The third-order valence-corrected chi connectivity index (χ3v) is 6.38. The van der Waals surface area contributed by atoms with Gasteiger partial charge in [0.15, 0.2) is 5.65 Å². The molecule has 0 radical (unpaired) electrons. The summed E-state index contributed by atoms with van der Waals surface area (Å²) in [7, 11) is 0. The zero-order valence-electron chi connectivity index (χ0n) is 21.2. The SMILES string of the molecule is CCC(=O)CCCCCCOc1cccc(-c2nc(N3CCOCC3)nc3c2ncn3C(C)C)c1. The highest BCUT2D eigenvalue weighted by Gasteiger charge is 2.21. The van der Waals surface area contributed by atoms with Crippen LogP contribution in [-0.4, -0.2) is 58.2 Å². The molecule has 0 saturated carbocycles. The molecule has 4 rings (SSSR count). The standard InChI is InChI=1S/C27H37N5O3/c1-4-22(33)11-7-5-6-8-15-35-23-12-9-10-21(18-23)24-25-26(32(19-28-25)20(2)3)30-27(29-24)31-13-16-34-17-14-31/h9-10,12,18-20H,4-8,11,13-17H2,1-3H3. The van der Waals surface area contributed by atoms with Crippen LogP contribution in [0.25, 0.3) is 22.4 Å². The predicted octanol–water partition coefficient (Wildman–Crippen LogP) is 5.22. The molecule has 0 N–H and O–H groups in total. The molecule has 0 spiro atoms. The van der Waals surface area contributed by atoms with Crippen molar-refractivity contribution in [2.45, 2.75) is 65.3 Å². The molecule has 3 heterocycles. The summed E-state index contributed by atoms with van der Waals surface area (Å²) in [5.74, 6) is 1.89. The van der Waals surface area contributed by atoms with E-state index in [4.69, 9.17) is 19.4 Å². The number of fused-ring (bicyclic) bond motifs is 1. The molecular weight excluding hydrogens is 442 g/mol. The number of ether oxygens (including phenoxy) is 2. The summed E-state index contributed by atoms with van der Waals surface area (Å²) < 4.78 is 13.7. The first-order chi connectivity index (χ1) is 17.1. The number of benzene rings is 1. The van der Waals surface area contributed by atoms with Gasteiger partial charge in [0.25, 0.3) is 0 Å². The molecule has 0 unspecified atom stereocenters. The highest BCUT2D eigenvalue weighted by atomic mass is 16.5. The Morgan fingerprint density at radius 3 is 2.69 bits per heavy atom. The first kappa shape index (κ1) is 25.1. The molecule has 1 aliphatic rings. The van der Waals surface area contributed by atoms with Crippen molar-refractivity contribution in [3.8, 4) is 17.0 Å². The molecule has 1 aromatic carbocycles. The Bertz CT molecular complexity index is 1120. The zero-order chi connectivity index (χ0) is 24.6. The maximum atomic E-state index is 11.4. The van der Waals surface area contributed by atoms with E-state index in [0.717, 1.165) is 66.9 Å². The Morgan fingerprint density at radius 1 is 1.11 bits per heavy atom. The van der Waals surface area contributed by atoms with Crippen LogP contribution in [-0.2, 0) is 9.53 Å². The summed E-state index contributed by atoms with van der Waals surface area (Å²) in [5, 5.41) is 0. The summed E-state index contributed by atoms with van der Waals surface area (Å²) in [4.78, 5) is 28.1. The van der Waals surface area contributed by atoms with Gasteiger partial charge < -0.3 is 18.9 Å². The second-order valence-corrected chi connectivity index (χ2v) is 9.32. The fourth-order valence-electron chi connectivity index (χ4n) is 4.27. The quantitative estimate of drug-likeness (QED) is 0.329. The maximum absolute atomic E-state index is 11.4. The molecule has 0 bridgehead atoms. The number of morpholine rings is 1. The smallest absolute Gasteiger partial charge is 0.228 e. The van der Waals surface area contributed by atoms with Crippen molar-refractivity contribution < 1.29 is 14.3 Å². The Morgan fingerprint density at radius 2 is 1.91 bits per heavy atom. The lowest BCUT2D eigenvalue weighted by Crippen LogP contribution is -2.37. The van der Waals surface area contributed by atoms with Gasteiger partial charge in [0, 0.05) is 37.5 Å². The second-order valence-electron chi connectivity index (χ2n) is 9.32. The van der Waals surface area contributed by atoms with Crippen LogP contribution in [0.2, 0.25) is 0 Å². The van der Waals surface area contributed by atoms with Crippen LogP contribution in [0.4, 0.5) is 5.95 Å². The molecule has 8 heteroatoms. The van der Waals surface area contributed by atoms with Crippen LogP contribution in [0.15, 0.2) is 30.6 Å². The summed E-state index contributed by atoms with van der Waals surface area (Å²) in [5.41, 5.74) is 3.44. The fourth-order valence-corrected chi connectivity index (χ4v) is 4.27. The normalized spacial score (nSPS) is 14.1. The van der Waals surface area contributed by atoms with Crippen LogP contribution in [0.5, 0.6) is 5.75 Å². The van der Waals surface area contributed by atoms with E-state index in [1.807, 2.05) is 31.5 Å². The minimum atomic E-state index is 0.245. The number of rotatable bonds is 12. The topological polar surface area (TPSA) is 82.4 Å². The molecule has 0 atom stereocenters. The van der Waals surface area contributed by atoms with Gasteiger partial charge in [-0.05, 0) is 38.8 Å². The summed E-state index contributed by atoms with van der Waals surface area (Å²) in [6.07, 6.45) is 7.28. The van der Waals surface area contributed by atoms with Crippen molar-refractivity contribution in [3.63, 3.8) is 0 Å². The van der Waals surface area contributed by atoms with Crippen LogP contribution >= 0.6 is 0 Å². The number of imidazole rings is 1. The number of hydrogen-bond acceptors (Lipinski definition) is 7. The Labute approximate surface area is 207 Å². The average molecular weight is 480 g/mol. The highest BCUT2D eigenvalue weighted by molar-refractivity contribution is 5.88. The van der Waals surface area contributed by atoms with Crippen LogP contribution < -0.4 is 9.64 Å². The Kier molecular flexibility index (Phi) is 8.69. The highest BCUT2D eigenvalue weighted by Crippen LogP contribution is 2.31. The Balaban J connectivity index is 1.49. The lowest BCUT2D eigenvalue weighted by molar-refractivity contribution is -0.118. The van der Waals surface area contributed by atoms with Gasteiger partial charge in [-0.2, -0.15) is 4.98 Å². The third kappa shape index (κ3) is 6.36. The van der Waals surface area contributed by atoms with Crippen molar-refractivity contribution >= 4 is 22.9 Å². The van der Waals surface area contributed by atoms with Gasteiger partial charge in [-0.3, -0.25) is 4.79 Å². The van der Waals surface area contributed by atoms with Crippen LogP contribution in [0, 0.1) is 0 Å².